The molecule has 1 saturated carbocycles. The molecule has 0 bridgehead atoms. The Kier molecular flexibility index (Phi) is 5.05. The van der Waals surface area contributed by atoms with Gasteiger partial charge in [0.1, 0.15) is 0 Å². The lowest BCUT2D eigenvalue weighted by molar-refractivity contribution is -0.0286. The van der Waals surface area contributed by atoms with Gasteiger partial charge in [0.15, 0.2) is 0 Å². The van der Waals surface area contributed by atoms with E-state index >= 15 is 0 Å². The van der Waals surface area contributed by atoms with Gasteiger partial charge in [0.2, 0.25) is 0 Å². The van der Waals surface area contributed by atoms with Gasteiger partial charge in [-0.25, -0.2) is 0 Å². The van der Waals surface area contributed by atoms with Crippen LogP contribution in [0, 0.1) is 5.92 Å². The molecule has 2 rings (SSSR count). The third-order valence-electron chi connectivity index (χ3n) is 5.09. The first-order valence-corrected chi connectivity index (χ1v) is 7.76. The highest BCUT2D eigenvalue weighted by Crippen LogP contribution is 2.30. The van der Waals surface area contributed by atoms with E-state index in [2.05, 4.69) is 24.2 Å². The monoisotopic (exact) mass is 254 g/mol. The molecule has 0 unspecified atom stereocenters. The van der Waals surface area contributed by atoms with Crippen LogP contribution < -0.4 is 5.32 Å². The normalized spacial score (nSPS) is 32.7. The molecule has 106 valence electrons. The van der Waals surface area contributed by atoms with Crippen LogP contribution in [-0.4, -0.2) is 48.3 Å². The summed E-state index contributed by atoms with van der Waals surface area (Å²) in [6, 6.07) is 0.701. The van der Waals surface area contributed by atoms with E-state index in [0.29, 0.717) is 6.04 Å². The number of hydrogen-bond donors (Lipinski definition) is 2. The van der Waals surface area contributed by atoms with Gasteiger partial charge >= 0.3 is 0 Å². The average molecular weight is 254 g/mol. The van der Waals surface area contributed by atoms with Gasteiger partial charge in [-0.2, -0.15) is 0 Å². The lowest BCUT2D eigenvalue weighted by Gasteiger charge is -2.41. The van der Waals surface area contributed by atoms with Crippen molar-refractivity contribution >= 4 is 0 Å². The molecule has 0 aromatic heterocycles. The summed E-state index contributed by atoms with van der Waals surface area (Å²) in [6.45, 7) is 5.10. The number of rotatable bonds is 4. The van der Waals surface area contributed by atoms with E-state index in [1.54, 1.807) is 0 Å². The maximum Gasteiger partial charge on any atom is 0.0798 e. The van der Waals surface area contributed by atoms with Crippen molar-refractivity contribution in [2.24, 2.45) is 5.92 Å². The van der Waals surface area contributed by atoms with Crippen molar-refractivity contribution in [2.75, 3.05) is 26.7 Å². The van der Waals surface area contributed by atoms with Gasteiger partial charge in [0.05, 0.1) is 5.60 Å². The summed E-state index contributed by atoms with van der Waals surface area (Å²) in [5, 5.41) is 13.9. The maximum atomic E-state index is 10.6. The quantitative estimate of drug-likeness (QED) is 0.805. The summed E-state index contributed by atoms with van der Waals surface area (Å²) in [4.78, 5) is 2.43. The first kappa shape index (κ1) is 14.3. The molecule has 0 spiro atoms. The maximum absolute atomic E-state index is 10.6. The molecule has 0 aromatic rings. The largest absolute Gasteiger partial charge is 0.388 e. The second-order valence-corrected chi connectivity index (χ2v) is 6.47. The van der Waals surface area contributed by atoms with Crippen LogP contribution in [0.3, 0.4) is 0 Å². The van der Waals surface area contributed by atoms with Crippen LogP contribution in [0.25, 0.3) is 0 Å². The lowest BCUT2D eigenvalue weighted by atomic mass is 9.83. The number of aliphatic hydroxyl groups is 1. The molecule has 3 nitrogen and oxygen atoms in total. The molecule has 1 heterocycles. The van der Waals surface area contributed by atoms with Crippen molar-refractivity contribution in [1.82, 2.24) is 10.2 Å². The van der Waals surface area contributed by atoms with Crippen molar-refractivity contribution in [1.29, 1.82) is 0 Å². The van der Waals surface area contributed by atoms with Crippen LogP contribution in [0.5, 0.6) is 0 Å². The Labute approximate surface area is 112 Å². The SMILES string of the molecule is CCC1CCC(N(C)CC2(O)CCNCC2)CC1. The van der Waals surface area contributed by atoms with Gasteiger partial charge in [-0.3, -0.25) is 0 Å². The topological polar surface area (TPSA) is 35.5 Å². The highest BCUT2D eigenvalue weighted by molar-refractivity contribution is 4.89. The van der Waals surface area contributed by atoms with E-state index in [1.165, 1.54) is 32.1 Å². The molecule has 0 atom stereocenters. The molecule has 3 heteroatoms. The van der Waals surface area contributed by atoms with Crippen LogP contribution in [0.2, 0.25) is 0 Å². The second-order valence-electron chi connectivity index (χ2n) is 6.47. The Bertz CT molecular complexity index is 243. The Morgan fingerprint density at radius 3 is 2.33 bits per heavy atom. The number of nitrogens with one attached hydrogen (secondary N) is 1. The zero-order chi connectivity index (χ0) is 13.0. The van der Waals surface area contributed by atoms with E-state index in [9.17, 15) is 5.11 Å². The van der Waals surface area contributed by atoms with E-state index in [4.69, 9.17) is 0 Å². The minimum absolute atomic E-state index is 0.443. The van der Waals surface area contributed by atoms with Crippen molar-refractivity contribution in [3.8, 4) is 0 Å². The van der Waals surface area contributed by atoms with E-state index in [1.807, 2.05) is 0 Å². The van der Waals surface area contributed by atoms with E-state index in [-0.39, 0.29) is 0 Å². The summed E-state index contributed by atoms with van der Waals surface area (Å²) in [7, 11) is 2.21. The molecular weight excluding hydrogens is 224 g/mol. The highest BCUT2D eigenvalue weighted by Gasteiger charge is 2.33. The summed E-state index contributed by atoms with van der Waals surface area (Å²) in [5.41, 5.74) is -0.443. The van der Waals surface area contributed by atoms with Gasteiger partial charge in [-0.05, 0) is 64.6 Å². The lowest BCUT2D eigenvalue weighted by Crippen LogP contribution is -2.51. The highest BCUT2D eigenvalue weighted by atomic mass is 16.3. The Morgan fingerprint density at radius 2 is 1.78 bits per heavy atom. The van der Waals surface area contributed by atoms with E-state index in [0.717, 1.165) is 38.4 Å². The second kappa shape index (κ2) is 6.36. The molecule has 0 radical (unpaired) electrons. The van der Waals surface area contributed by atoms with Crippen LogP contribution >= 0.6 is 0 Å². The third kappa shape index (κ3) is 3.69. The van der Waals surface area contributed by atoms with Crippen LogP contribution in [0.4, 0.5) is 0 Å². The van der Waals surface area contributed by atoms with Gasteiger partial charge in [-0.15, -0.1) is 0 Å². The number of nitrogens with zero attached hydrogens (tertiary/aromatic N) is 1. The van der Waals surface area contributed by atoms with Crippen molar-refractivity contribution in [2.45, 2.75) is 63.5 Å². The molecule has 1 saturated heterocycles. The van der Waals surface area contributed by atoms with Crippen molar-refractivity contribution in [3.63, 3.8) is 0 Å². The number of likely N-dealkylation sites (N-methyl/N-ethyl adjacent to an activating group) is 1. The van der Waals surface area contributed by atoms with Gasteiger partial charge in [-0.1, -0.05) is 13.3 Å². The Hall–Kier alpha value is -0.120. The third-order valence-corrected chi connectivity index (χ3v) is 5.09. The van der Waals surface area contributed by atoms with Crippen LogP contribution in [0.15, 0.2) is 0 Å². The van der Waals surface area contributed by atoms with Crippen molar-refractivity contribution in [3.05, 3.63) is 0 Å². The van der Waals surface area contributed by atoms with Crippen molar-refractivity contribution < 1.29 is 5.11 Å². The molecule has 1 aliphatic carbocycles. The molecule has 2 fully saturated rings. The summed E-state index contributed by atoms with van der Waals surface area (Å²) >= 11 is 0. The average Bonchev–Trinajstić information content (AvgIpc) is 2.39. The van der Waals surface area contributed by atoms with Crippen LogP contribution in [0.1, 0.15) is 51.9 Å². The molecule has 0 amide bonds. The standard InChI is InChI=1S/C15H30N2O/c1-3-13-4-6-14(7-5-13)17(2)12-15(18)8-10-16-11-9-15/h13-14,16,18H,3-12H2,1-2H3. The smallest absolute Gasteiger partial charge is 0.0798 e. The molecule has 2 N–H and O–H groups in total. The zero-order valence-corrected chi connectivity index (χ0v) is 12.1. The first-order chi connectivity index (χ1) is 8.63. The molecule has 2 aliphatic rings. The first-order valence-electron chi connectivity index (χ1n) is 7.76. The summed E-state index contributed by atoms with van der Waals surface area (Å²) in [6.07, 6.45) is 8.55. The fourth-order valence-corrected chi connectivity index (χ4v) is 3.64. The fraction of sp³-hybridized carbons (Fsp3) is 1.00. The fourth-order valence-electron chi connectivity index (χ4n) is 3.64. The number of hydrogen-bond acceptors (Lipinski definition) is 3. The molecular formula is C15H30N2O. The van der Waals surface area contributed by atoms with Gasteiger partial charge in [0.25, 0.3) is 0 Å². The molecule has 1 aliphatic heterocycles. The summed E-state index contributed by atoms with van der Waals surface area (Å²) in [5.74, 6) is 0.955. The van der Waals surface area contributed by atoms with Gasteiger partial charge < -0.3 is 15.3 Å². The predicted molar refractivity (Wildman–Crippen MR) is 75.7 cm³/mol. The van der Waals surface area contributed by atoms with Crippen LogP contribution in [-0.2, 0) is 0 Å². The zero-order valence-electron chi connectivity index (χ0n) is 12.1. The number of piperidine rings is 1. The Balaban J connectivity index is 1.79. The summed E-state index contributed by atoms with van der Waals surface area (Å²) < 4.78 is 0. The minimum atomic E-state index is -0.443. The Morgan fingerprint density at radius 1 is 1.17 bits per heavy atom. The molecule has 18 heavy (non-hydrogen) atoms. The minimum Gasteiger partial charge on any atom is -0.388 e. The predicted octanol–water partition coefficient (Wildman–Crippen LogP) is 2.00. The van der Waals surface area contributed by atoms with Gasteiger partial charge in [0, 0.05) is 12.6 Å². The van der Waals surface area contributed by atoms with E-state index < -0.39 is 5.60 Å². The molecule has 0 aromatic carbocycles.